The highest BCUT2D eigenvalue weighted by Crippen LogP contribution is 2.11. The van der Waals surface area contributed by atoms with Crippen LogP contribution in [0.25, 0.3) is 0 Å². The van der Waals surface area contributed by atoms with Crippen LogP contribution in [0.4, 0.5) is 0 Å². The van der Waals surface area contributed by atoms with Gasteiger partial charge in [0.15, 0.2) is 11.5 Å². The number of hydrogen-bond acceptors (Lipinski definition) is 7. The number of hydrogen-bond donors (Lipinski definition) is 2. The van der Waals surface area contributed by atoms with Gasteiger partial charge in [0.25, 0.3) is 5.91 Å². The van der Waals surface area contributed by atoms with Crippen LogP contribution in [0.3, 0.4) is 0 Å². The Hall–Kier alpha value is -2.29. The van der Waals surface area contributed by atoms with Crippen molar-refractivity contribution in [3.05, 3.63) is 47.6 Å². The molecule has 0 aliphatic carbocycles. The fraction of sp³-hybridized carbons (Fsp3) is 0.438. The SMILES string of the molecule is O=C(NCC(O)c1cccnc1)c1cc(CN2CCOCC2)on1. The van der Waals surface area contributed by atoms with Gasteiger partial charge in [-0.25, -0.2) is 0 Å². The van der Waals surface area contributed by atoms with Crippen molar-refractivity contribution in [2.45, 2.75) is 12.6 Å². The molecular formula is C16H20N4O4. The molecule has 2 aromatic heterocycles. The largest absolute Gasteiger partial charge is 0.387 e. The lowest BCUT2D eigenvalue weighted by Crippen LogP contribution is -2.35. The standard InChI is InChI=1S/C16H20N4O4/c21-15(12-2-1-3-17-9-12)10-18-16(22)14-8-13(24-19-14)11-20-4-6-23-7-5-20/h1-3,8-9,15,21H,4-7,10-11H2,(H,18,22). The predicted octanol–water partition coefficient (Wildman–Crippen LogP) is 0.365. The van der Waals surface area contributed by atoms with Crippen molar-refractivity contribution in [2.24, 2.45) is 0 Å². The van der Waals surface area contributed by atoms with E-state index >= 15 is 0 Å². The van der Waals surface area contributed by atoms with E-state index in [-0.39, 0.29) is 18.1 Å². The van der Waals surface area contributed by atoms with Crippen LogP contribution in [0.5, 0.6) is 0 Å². The molecule has 3 heterocycles. The summed E-state index contributed by atoms with van der Waals surface area (Å²) < 4.78 is 10.5. The van der Waals surface area contributed by atoms with Crippen molar-refractivity contribution in [3.8, 4) is 0 Å². The smallest absolute Gasteiger partial charge is 0.273 e. The number of nitrogens with zero attached hydrogens (tertiary/aromatic N) is 3. The zero-order valence-corrected chi connectivity index (χ0v) is 13.2. The third-order valence-electron chi connectivity index (χ3n) is 3.80. The summed E-state index contributed by atoms with van der Waals surface area (Å²) in [5.41, 5.74) is 0.850. The number of aliphatic hydroxyl groups is 1. The van der Waals surface area contributed by atoms with Crippen molar-refractivity contribution in [2.75, 3.05) is 32.8 Å². The molecule has 128 valence electrons. The lowest BCUT2D eigenvalue weighted by molar-refractivity contribution is 0.0305. The normalized spacial score (nSPS) is 16.7. The van der Waals surface area contributed by atoms with Crippen LogP contribution < -0.4 is 5.32 Å². The first-order chi connectivity index (χ1) is 11.7. The molecule has 0 saturated carbocycles. The van der Waals surface area contributed by atoms with Gasteiger partial charge >= 0.3 is 0 Å². The lowest BCUT2D eigenvalue weighted by Gasteiger charge is -2.25. The van der Waals surface area contributed by atoms with Gasteiger partial charge in [-0.2, -0.15) is 0 Å². The van der Waals surface area contributed by atoms with E-state index in [1.807, 2.05) is 0 Å². The average Bonchev–Trinajstić information content (AvgIpc) is 3.09. The number of nitrogens with one attached hydrogen (secondary N) is 1. The van der Waals surface area contributed by atoms with Crippen molar-refractivity contribution in [3.63, 3.8) is 0 Å². The number of aliphatic hydroxyl groups excluding tert-OH is 1. The second kappa shape index (κ2) is 8.00. The van der Waals surface area contributed by atoms with Crippen molar-refractivity contribution in [1.29, 1.82) is 0 Å². The van der Waals surface area contributed by atoms with E-state index in [1.54, 1.807) is 30.6 Å². The number of ether oxygens (including phenoxy) is 1. The van der Waals surface area contributed by atoms with Crippen LogP contribution >= 0.6 is 0 Å². The molecule has 24 heavy (non-hydrogen) atoms. The van der Waals surface area contributed by atoms with E-state index in [0.717, 1.165) is 13.1 Å². The highest BCUT2D eigenvalue weighted by molar-refractivity contribution is 5.92. The van der Waals surface area contributed by atoms with Gasteiger partial charge in [-0.05, 0) is 6.07 Å². The summed E-state index contributed by atoms with van der Waals surface area (Å²) in [6.07, 6.45) is 2.37. The summed E-state index contributed by atoms with van der Waals surface area (Å²) in [6.45, 7) is 3.75. The average molecular weight is 332 g/mol. The number of amides is 1. The van der Waals surface area contributed by atoms with Crippen LogP contribution in [0.15, 0.2) is 35.1 Å². The zero-order valence-electron chi connectivity index (χ0n) is 13.2. The first-order valence-electron chi connectivity index (χ1n) is 7.84. The molecule has 1 fully saturated rings. The maximum atomic E-state index is 12.1. The van der Waals surface area contributed by atoms with Crippen LogP contribution in [-0.2, 0) is 11.3 Å². The summed E-state index contributed by atoms with van der Waals surface area (Å²) >= 11 is 0. The molecule has 1 aliphatic heterocycles. The first-order valence-corrected chi connectivity index (χ1v) is 7.84. The molecule has 0 bridgehead atoms. The third-order valence-corrected chi connectivity index (χ3v) is 3.80. The van der Waals surface area contributed by atoms with Gasteiger partial charge in [0, 0.05) is 43.7 Å². The highest BCUT2D eigenvalue weighted by atomic mass is 16.5. The summed E-state index contributed by atoms with van der Waals surface area (Å²) in [7, 11) is 0. The van der Waals surface area contributed by atoms with Crippen LogP contribution in [0.2, 0.25) is 0 Å². The zero-order chi connectivity index (χ0) is 16.8. The van der Waals surface area contributed by atoms with Gasteiger partial charge in [-0.15, -0.1) is 0 Å². The topological polar surface area (TPSA) is 101 Å². The van der Waals surface area contributed by atoms with Gasteiger partial charge in [-0.1, -0.05) is 11.2 Å². The molecule has 8 nitrogen and oxygen atoms in total. The van der Waals surface area contributed by atoms with Crippen LogP contribution in [-0.4, -0.2) is 58.9 Å². The number of rotatable bonds is 6. The highest BCUT2D eigenvalue weighted by Gasteiger charge is 2.17. The van der Waals surface area contributed by atoms with Crippen molar-refractivity contribution >= 4 is 5.91 Å². The number of aromatic nitrogens is 2. The van der Waals surface area contributed by atoms with E-state index in [2.05, 4.69) is 20.4 Å². The van der Waals surface area contributed by atoms with Crippen LogP contribution in [0.1, 0.15) is 27.9 Å². The van der Waals surface area contributed by atoms with Gasteiger partial charge in [0.2, 0.25) is 0 Å². The van der Waals surface area contributed by atoms with E-state index in [4.69, 9.17) is 9.26 Å². The number of pyridine rings is 1. The van der Waals surface area contributed by atoms with Crippen molar-refractivity contribution < 1.29 is 19.2 Å². The minimum absolute atomic E-state index is 0.0795. The van der Waals surface area contributed by atoms with Gasteiger partial charge in [-0.3, -0.25) is 14.7 Å². The molecule has 1 unspecified atom stereocenters. The second-order valence-electron chi connectivity index (χ2n) is 5.58. The Morgan fingerprint density at radius 3 is 3.00 bits per heavy atom. The molecule has 1 saturated heterocycles. The van der Waals surface area contributed by atoms with E-state index < -0.39 is 6.10 Å². The fourth-order valence-corrected chi connectivity index (χ4v) is 2.45. The Morgan fingerprint density at radius 1 is 1.42 bits per heavy atom. The predicted molar refractivity (Wildman–Crippen MR) is 84.1 cm³/mol. The molecule has 1 atom stereocenters. The third kappa shape index (κ3) is 4.38. The van der Waals surface area contributed by atoms with Gasteiger partial charge in [0.05, 0.1) is 25.9 Å². The van der Waals surface area contributed by atoms with E-state index in [1.165, 1.54) is 0 Å². The molecule has 0 aromatic carbocycles. The molecule has 1 aliphatic rings. The molecule has 8 heteroatoms. The van der Waals surface area contributed by atoms with Crippen molar-refractivity contribution in [1.82, 2.24) is 20.4 Å². The maximum Gasteiger partial charge on any atom is 0.273 e. The minimum atomic E-state index is -0.817. The molecule has 1 amide bonds. The summed E-state index contributed by atoms with van der Waals surface area (Å²) in [4.78, 5) is 18.2. The molecule has 2 aromatic rings. The molecule has 3 rings (SSSR count). The maximum absolute atomic E-state index is 12.1. The number of carbonyl (C=O) groups is 1. The van der Waals surface area contributed by atoms with E-state index in [9.17, 15) is 9.90 Å². The Kier molecular flexibility index (Phi) is 5.52. The summed E-state index contributed by atoms with van der Waals surface area (Å²) in [5.74, 6) is 0.254. The Labute approximate surface area is 139 Å². The fourth-order valence-electron chi connectivity index (χ4n) is 2.45. The Bertz CT molecular complexity index is 655. The summed E-state index contributed by atoms with van der Waals surface area (Å²) in [5, 5.41) is 16.5. The molecule has 2 N–H and O–H groups in total. The quantitative estimate of drug-likeness (QED) is 0.788. The summed E-state index contributed by atoms with van der Waals surface area (Å²) in [6, 6.07) is 5.11. The Morgan fingerprint density at radius 2 is 2.25 bits per heavy atom. The molecule has 0 radical (unpaired) electrons. The van der Waals surface area contributed by atoms with Gasteiger partial charge < -0.3 is 19.7 Å². The molecular weight excluding hydrogens is 312 g/mol. The molecule has 0 spiro atoms. The van der Waals surface area contributed by atoms with Crippen LogP contribution in [0, 0.1) is 0 Å². The lowest BCUT2D eigenvalue weighted by atomic mass is 10.1. The first kappa shape index (κ1) is 16.6. The number of carbonyl (C=O) groups excluding carboxylic acids is 1. The minimum Gasteiger partial charge on any atom is -0.387 e. The van der Waals surface area contributed by atoms with Gasteiger partial charge in [0.1, 0.15) is 0 Å². The monoisotopic (exact) mass is 332 g/mol. The Balaban J connectivity index is 1.50. The second-order valence-corrected chi connectivity index (χ2v) is 5.58. The number of morpholine rings is 1. The van der Waals surface area contributed by atoms with E-state index in [0.29, 0.717) is 31.1 Å².